The SMILES string of the molecule is Cc1cccc(C2CNCCC23CCC(C(C)C)CC3)c1. The Kier molecular flexibility index (Phi) is 4.40. The van der Waals surface area contributed by atoms with Crippen LogP contribution in [0.25, 0.3) is 0 Å². The highest BCUT2D eigenvalue weighted by atomic mass is 14.9. The first-order valence-electron chi connectivity index (χ1n) is 8.88. The van der Waals surface area contributed by atoms with E-state index in [0.29, 0.717) is 5.41 Å². The lowest BCUT2D eigenvalue weighted by molar-refractivity contribution is 0.0670. The van der Waals surface area contributed by atoms with Gasteiger partial charge in [-0.25, -0.2) is 0 Å². The van der Waals surface area contributed by atoms with Gasteiger partial charge in [0.1, 0.15) is 0 Å². The molecule has 1 saturated heterocycles. The van der Waals surface area contributed by atoms with Crippen LogP contribution in [-0.4, -0.2) is 13.1 Å². The van der Waals surface area contributed by atoms with Crippen LogP contribution in [0.4, 0.5) is 0 Å². The molecule has 2 aliphatic rings. The molecule has 1 heterocycles. The van der Waals surface area contributed by atoms with Gasteiger partial charge in [-0.15, -0.1) is 0 Å². The van der Waals surface area contributed by atoms with Crippen molar-refractivity contribution < 1.29 is 0 Å². The lowest BCUT2D eigenvalue weighted by Gasteiger charge is -2.49. The van der Waals surface area contributed by atoms with Crippen molar-refractivity contribution in [1.29, 1.82) is 0 Å². The highest BCUT2D eigenvalue weighted by molar-refractivity contribution is 5.28. The number of benzene rings is 1. The second kappa shape index (κ2) is 6.12. The largest absolute Gasteiger partial charge is 0.316 e. The zero-order valence-electron chi connectivity index (χ0n) is 14.0. The molecular formula is C20H31N. The van der Waals surface area contributed by atoms with Gasteiger partial charge in [-0.3, -0.25) is 0 Å². The molecule has 1 aromatic rings. The van der Waals surface area contributed by atoms with E-state index in [9.17, 15) is 0 Å². The van der Waals surface area contributed by atoms with Crippen molar-refractivity contribution in [2.45, 2.75) is 58.8 Å². The molecule has 1 aromatic carbocycles. The van der Waals surface area contributed by atoms with E-state index in [-0.39, 0.29) is 0 Å². The van der Waals surface area contributed by atoms with Gasteiger partial charge in [0, 0.05) is 12.5 Å². The van der Waals surface area contributed by atoms with Crippen molar-refractivity contribution in [2.24, 2.45) is 17.3 Å². The van der Waals surface area contributed by atoms with E-state index in [2.05, 4.69) is 50.4 Å². The summed E-state index contributed by atoms with van der Waals surface area (Å²) in [5.74, 6) is 2.55. The molecule has 0 amide bonds. The second-order valence-corrected chi connectivity index (χ2v) is 7.86. The first kappa shape index (κ1) is 15.1. The standard InChI is InChI=1S/C20H31N/c1-15(2)17-7-9-20(10-8-17)11-12-21-14-19(20)18-6-4-5-16(3)13-18/h4-6,13,15,17,19,21H,7-12,14H2,1-3H3. The molecular weight excluding hydrogens is 254 g/mol. The molecule has 2 fully saturated rings. The van der Waals surface area contributed by atoms with E-state index in [1.807, 2.05) is 0 Å². The van der Waals surface area contributed by atoms with Gasteiger partial charge in [-0.2, -0.15) is 0 Å². The van der Waals surface area contributed by atoms with Gasteiger partial charge in [0.05, 0.1) is 0 Å². The maximum absolute atomic E-state index is 3.66. The second-order valence-electron chi connectivity index (χ2n) is 7.86. The Morgan fingerprint density at radius 1 is 1.14 bits per heavy atom. The molecule has 1 aliphatic heterocycles. The average molecular weight is 285 g/mol. The predicted molar refractivity (Wildman–Crippen MR) is 90.6 cm³/mol. The number of hydrogen-bond donors (Lipinski definition) is 1. The van der Waals surface area contributed by atoms with Gasteiger partial charge >= 0.3 is 0 Å². The molecule has 1 N–H and O–H groups in total. The third-order valence-corrected chi connectivity index (χ3v) is 6.30. The van der Waals surface area contributed by atoms with Crippen LogP contribution < -0.4 is 5.32 Å². The quantitative estimate of drug-likeness (QED) is 0.814. The average Bonchev–Trinajstić information content (AvgIpc) is 2.48. The third-order valence-electron chi connectivity index (χ3n) is 6.30. The Hall–Kier alpha value is -0.820. The fourth-order valence-corrected chi connectivity index (χ4v) is 4.81. The van der Waals surface area contributed by atoms with Crippen LogP contribution in [0.3, 0.4) is 0 Å². The fraction of sp³-hybridized carbons (Fsp3) is 0.700. The summed E-state index contributed by atoms with van der Waals surface area (Å²) >= 11 is 0. The summed E-state index contributed by atoms with van der Waals surface area (Å²) in [7, 11) is 0. The van der Waals surface area contributed by atoms with Crippen LogP contribution >= 0.6 is 0 Å². The number of hydrogen-bond acceptors (Lipinski definition) is 1. The Labute approximate surface area is 130 Å². The molecule has 116 valence electrons. The Morgan fingerprint density at radius 3 is 2.57 bits per heavy atom. The molecule has 0 radical (unpaired) electrons. The summed E-state index contributed by atoms with van der Waals surface area (Å²) in [5, 5.41) is 3.66. The minimum absolute atomic E-state index is 0.574. The highest BCUT2D eigenvalue weighted by Crippen LogP contribution is 2.53. The maximum atomic E-state index is 3.66. The van der Waals surface area contributed by atoms with E-state index < -0.39 is 0 Å². The van der Waals surface area contributed by atoms with Crippen molar-refractivity contribution in [3.05, 3.63) is 35.4 Å². The van der Waals surface area contributed by atoms with Gasteiger partial charge in [-0.1, -0.05) is 43.7 Å². The van der Waals surface area contributed by atoms with Crippen LogP contribution in [0, 0.1) is 24.2 Å². The summed E-state index contributed by atoms with van der Waals surface area (Å²) in [4.78, 5) is 0. The van der Waals surface area contributed by atoms with Crippen molar-refractivity contribution in [2.75, 3.05) is 13.1 Å². The Balaban J connectivity index is 1.82. The van der Waals surface area contributed by atoms with E-state index in [4.69, 9.17) is 0 Å². The molecule has 0 bridgehead atoms. The molecule has 1 atom stereocenters. The third kappa shape index (κ3) is 3.04. The lowest BCUT2D eigenvalue weighted by Crippen LogP contribution is -2.46. The molecule has 1 unspecified atom stereocenters. The van der Waals surface area contributed by atoms with Gasteiger partial charge in [0.25, 0.3) is 0 Å². The zero-order chi connectivity index (χ0) is 14.9. The van der Waals surface area contributed by atoms with Gasteiger partial charge in [-0.05, 0) is 68.4 Å². The first-order chi connectivity index (χ1) is 10.1. The van der Waals surface area contributed by atoms with Gasteiger partial charge < -0.3 is 5.32 Å². The van der Waals surface area contributed by atoms with Crippen LogP contribution in [0.1, 0.15) is 63.0 Å². The van der Waals surface area contributed by atoms with Crippen LogP contribution in [0.2, 0.25) is 0 Å². The molecule has 1 heteroatoms. The molecule has 1 aliphatic carbocycles. The van der Waals surface area contributed by atoms with Crippen molar-refractivity contribution in [3.63, 3.8) is 0 Å². The summed E-state index contributed by atoms with van der Waals surface area (Å²) in [6, 6.07) is 9.25. The summed E-state index contributed by atoms with van der Waals surface area (Å²) < 4.78 is 0. The van der Waals surface area contributed by atoms with E-state index in [0.717, 1.165) is 17.8 Å². The van der Waals surface area contributed by atoms with Crippen molar-refractivity contribution in [1.82, 2.24) is 5.32 Å². The molecule has 0 aromatic heterocycles. The fourth-order valence-electron chi connectivity index (χ4n) is 4.81. The lowest BCUT2D eigenvalue weighted by atomic mass is 9.58. The highest BCUT2D eigenvalue weighted by Gasteiger charge is 2.44. The monoisotopic (exact) mass is 285 g/mol. The van der Waals surface area contributed by atoms with E-state index in [1.54, 1.807) is 5.56 Å². The Bertz CT molecular complexity index is 468. The summed E-state index contributed by atoms with van der Waals surface area (Å²) in [6.07, 6.45) is 7.14. The summed E-state index contributed by atoms with van der Waals surface area (Å²) in [5.41, 5.74) is 3.55. The van der Waals surface area contributed by atoms with Gasteiger partial charge in [0.15, 0.2) is 0 Å². The summed E-state index contributed by atoms with van der Waals surface area (Å²) in [6.45, 7) is 9.43. The molecule has 1 saturated carbocycles. The number of piperidine rings is 1. The topological polar surface area (TPSA) is 12.0 Å². The van der Waals surface area contributed by atoms with E-state index in [1.165, 1.54) is 50.8 Å². The van der Waals surface area contributed by atoms with E-state index >= 15 is 0 Å². The number of nitrogens with one attached hydrogen (secondary N) is 1. The molecule has 21 heavy (non-hydrogen) atoms. The van der Waals surface area contributed by atoms with Crippen LogP contribution in [0.5, 0.6) is 0 Å². The number of rotatable bonds is 2. The predicted octanol–water partition coefficient (Wildman–Crippen LogP) is 4.90. The maximum Gasteiger partial charge on any atom is 0.00255 e. The first-order valence-corrected chi connectivity index (χ1v) is 8.88. The van der Waals surface area contributed by atoms with Crippen molar-refractivity contribution in [3.8, 4) is 0 Å². The minimum Gasteiger partial charge on any atom is -0.316 e. The van der Waals surface area contributed by atoms with Crippen LogP contribution in [-0.2, 0) is 0 Å². The zero-order valence-corrected chi connectivity index (χ0v) is 14.0. The Morgan fingerprint density at radius 2 is 1.90 bits per heavy atom. The van der Waals surface area contributed by atoms with Crippen LogP contribution in [0.15, 0.2) is 24.3 Å². The molecule has 1 spiro atoms. The molecule has 3 rings (SSSR count). The smallest absolute Gasteiger partial charge is 0.00255 e. The normalized spacial score (nSPS) is 33.5. The van der Waals surface area contributed by atoms with Gasteiger partial charge in [0.2, 0.25) is 0 Å². The number of aryl methyl sites for hydroxylation is 1. The molecule has 1 nitrogen and oxygen atoms in total. The van der Waals surface area contributed by atoms with Crippen molar-refractivity contribution >= 4 is 0 Å². The minimum atomic E-state index is 0.574.